The Morgan fingerprint density at radius 3 is 3.00 bits per heavy atom. The summed E-state index contributed by atoms with van der Waals surface area (Å²) in [6.45, 7) is 2.04. The van der Waals surface area contributed by atoms with Crippen molar-refractivity contribution in [3.05, 3.63) is 33.4 Å². The van der Waals surface area contributed by atoms with Crippen LogP contribution >= 0.6 is 0 Å². The van der Waals surface area contributed by atoms with Gasteiger partial charge in [-0.15, -0.1) is 0 Å². The molecule has 0 atom stereocenters. The van der Waals surface area contributed by atoms with Gasteiger partial charge in [-0.1, -0.05) is 6.42 Å². The number of hydrogen-bond acceptors (Lipinski definition) is 4. The van der Waals surface area contributed by atoms with E-state index < -0.39 is 5.97 Å². The Morgan fingerprint density at radius 2 is 2.20 bits per heavy atom. The molecule has 0 fully saturated rings. The van der Waals surface area contributed by atoms with Gasteiger partial charge >= 0.3 is 5.97 Å². The van der Waals surface area contributed by atoms with E-state index in [4.69, 9.17) is 4.74 Å². The summed E-state index contributed by atoms with van der Waals surface area (Å²) in [7, 11) is 0. The van der Waals surface area contributed by atoms with E-state index in [1.54, 1.807) is 13.0 Å². The number of nitrogens with zero attached hydrogens (tertiary/aromatic N) is 2. The first-order chi connectivity index (χ1) is 9.70. The number of aromatic nitrogens is 3. The molecular weight excluding hydrogens is 258 g/mol. The van der Waals surface area contributed by atoms with Crippen LogP contribution in [0.15, 0.2) is 10.9 Å². The van der Waals surface area contributed by atoms with E-state index >= 15 is 0 Å². The van der Waals surface area contributed by atoms with Crippen molar-refractivity contribution in [3.8, 4) is 0 Å². The van der Waals surface area contributed by atoms with Crippen LogP contribution in [0.2, 0.25) is 0 Å². The fourth-order valence-electron chi connectivity index (χ4n) is 2.65. The van der Waals surface area contributed by atoms with Gasteiger partial charge in [-0.3, -0.25) is 9.89 Å². The maximum absolute atomic E-state index is 12.5. The van der Waals surface area contributed by atoms with Gasteiger partial charge in [0.2, 0.25) is 0 Å². The lowest BCUT2D eigenvalue weighted by molar-refractivity contribution is 0.0519. The molecule has 0 bridgehead atoms. The highest BCUT2D eigenvalue weighted by atomic mass is 16.5. The smallest absolute Gasteiger partial charge is 0.356 e. The predicted molar refractivity (Wildman–Crippen MR) is 73.0 cm³/mol. The molecule has 6 nitrogen and oxygen atoms in total. The van der Waals surface area contributed by atoms with Gasteiger partial charge in [-0.25, -0.2) is 14.3 Å². The molecule has 0 aromatic carbocycles. The van der Waals surface area contributed by atoms with E-state index in [0.717, 1.165) is 43.4 Å². The van der Waals surface area contributed by atoms with Crippen LogP contribution in [0.5, 0.6) is 0 Å². The summed E-state index contributed by atoms with van der Waals surface area (Å²) in [6, 6.07) is 1.57. The van der Waals surface area contributed by atoms with Crippen LogP contribution < -0.4 is 5.56 Å². The standard InChI is InChI=1S/C14H17N3O3/c1-2-20-14(19)11-8-12-15-10-7-5-3-4-6-9(10)13(18)17(12)16-11/h8,16H,2-7H2,1H3. The summed E-state index contributed by atoms with van der Waals surface area (Å²) in [5.74, 6) is -0.465. The molecule has 1 N–H and O–H groups in total. The fourth-order valence-corrected chi connectivity index (χ4v) is 2.65. The topological polar surface area (TPSA) is 76.5 Å². The molecule has 2 heterocycles. The summed E-state index contributed by atoms with van der Waals surface area (Å²) < 4.78 is 6.27. The van der Waals surface area contributed by atoms with Gasteiger partial charge in [0.05, 0.1) is 12.3 Å². The Kier molecular flexibility index (Phi) is 3.30. The van der Waals surface area contributed by atoms with Gasteiger partial charge in [0, 0.05) is 11.6 Å². The molecule has 0 saturated carbocycles. The highest BCUT2D eigenvalue weighted by Gasteiger charge is 2.18. The number of fused-ring (bicyclic) bond motifs is 2. The molecule has 0 amide bonds. The third kappa shape index (κ3) is 2.11. The number of rotatable bonds is 2. The van der Waals surface area contributed by atoms with Gasteiger partial charge in [-0.2, -0.15) is 0 Å². The van der Waals surface area contributed by atoms with Crippen LogP contribution in [0.1, 0.15) is 47.9 Å². The third-order valence-corrected chi connectivity index (χ3v) is 3.63. The van der Waals surface area contributed by atoms with Gasteiger partial charge in [0.15, 0.2) is 5.65 Å². The Balaban J connectivity index is 2.13. The first-order valence-corrected chi connectivity index (χ1v) is 7.01. The van der Waals surface area contributed by atoms with E-state index in [9.17, 15) is 9.59 Å². The molecule has 6 heteroatoms. The van der Waals surface area contributed by atoms with Gasteiger partial charge in [0.25, 0.3) is 5.56 Å². The van der Waals surface area contributed by atoms with Crippen LogP contribution in [0.25, 0.3) is 5.65 Å². The van der Waals surface area contributed by atoms with Crippen LogP contribution in [0.3, 0.4) is 0 Å². The molecule has 0 unspecified atom stereocenters. The molecule has 0 saturated heterocycles. The van der Waals surface area contributed by atoms with Gasteiger partial charge in [0.1, 0.15) is 5.69 Å². The number of nitrogens with one attached hydrogen (secondary N) is 1. The molecule has 0 spiro atoms. The number of hydrogen-bond donors (Lipinski definition) is 1. The average molecular weight is 275 g/mol. The lowest BCUT2D eigenvalue weighted by atomic mass is 10.1. The lowest BCUT2D eigenvalue weighted by Gasteiger charge is -2.04. The van der Waals surface area contributed by atoms with Crippen LogP contribution in [-0.4, -0.2) is 27.2 Å². The zero-order valence-corrected chi connectivity index (χ0v) is 11.4. The first kappa shape index (κ1) is 12.9. The zero-order valence-electron chi connectivity index (χ0n) is 11.4. The Hall–Kier alpha value is -2.11. The van der Waals surface area contributed by atoms with E-state index in [-0.39, 0.29) is 11.3 Å². The number of aromatic amines is 1. The fraction of sp³-hybridized carbons (Fsp3) is 0.500. The third-order valence-electron chi connectivity index (χ3n) is 3.63. The van der Waals surface area contributed by atoms with Crippen LogP contribution in [-0.2, 0) is 17.6 Å². The molecule has 0 aliphatic heterocycles. The second-order valence-corrected chi connectivity index (χ2v) is 4.99. The van der Waals surface area contributed by atoms with Crippen LogP contribution in [0, 0.1) is 0 Å². The number of ether oxygens (including phenoxy) is 1. The van der Waals surface area contributed by atoms with E-state index in [1.165, 1.54) is 4.52 Å². The Morgan fingerprint density at radius 1 is 1.40 bits per heavy atom. The summed E-state index contributed by atoms with van der Waals surface area (Å²) in [5, 5.41) is 2.79. The maximum Gasteiger partial charge on any atom is 0.356 e. The van der Waals surface area contributed by atoms with Crippen molar-refractivity contribution < 1.29 is 9.53 Å². The number of carbonyl (C=O) groups is 1. The van der Waals surface area contributed by atoms with Crippen molar-refractivity contribution in [1.82, 2.24) is 14.6 Å². The number of aryl methyl sites for hydroxylation is 1. The van der Waals surface area contributed by atoms with Crippen LogP contribution in [0.4, 0.5) is 0 Å². The molecule has 3 rings (SSSR count). The van der Waals surface area contributed by atoms with Crippen molar-refractivity contribution in [2.24, 2.45) is 0 Å². The molecule has 2 aromatic rings. The second-order valence-electron chi connectivity index (χ2n) is 4.99. The minimum atomic E-state index is -0.465. The van der Waals surface area contributed by atoms with Crippen molar-refractivity contribution >= 4 is 11.6 Å². The quantitative estimate of drug-likeness (QED) is 0.665. The molecular formula is C14H17N3O3. The highest BCUT2D eigenvalue weighted by Crippen LogP contribution is 2.17. The van der Waals surface area contributed by atoms with E-state index in [2.05, 4.69) is 10.1 Å². The monoisotopic (exact) mass is 275 g/mol. The Labute approximate surface area is 115 Å². The van der Waals surface area contributed by atoms with Crippen molar-refractivity contribution in [1.29, 1.82) is 0 Å². The first-order valence-electron chi connectivity index (χ1n) is 7.01. The summed E-state index contributed by atoms with van der Waals surface area (Å²) in [6.07, 6.45) is 4.80. The predicted octanol–water partition coefficient (Wildman–Crippen LogP) is 1.47. The highest BCUT2D eigenvalue weighted by molar-refractivity contribution is 5.88. The van der Waals surface area contributed by atoms with Crippen molar-refractivity contribution in [2.75, 3.05) is 6.61 Å². The number of esters is 1. The molecule has 1 aliphatic carbocycles. The normalized spacial score (nSPS) is 14.8. The average Bonchev–Trinajstić information content (AvgIpc) is 2.71. The van der Waals surface area contributed by atoms with Crippen molar-refractivity contribution in [3.63, 3.8) is 0 Å². The minimum Gasteiger partial charge on any atom is -0.461 e. The molecule has 20 heavy (non-hydrogen) atoms. The Bertz CT molecular complexity index is 714. The zero-order chi connectivity index (χ0) is 14.1. The van der Waals surface area contributed by atoms with E-state index in [0.29, 0.717) is 12.3 Å². The van der Waals surface area contributed by atoms with Gasteiger partial charge in [-0.05, 0) is 32.6 Å². The molecule has 2 aromatic heterocycles. The largest absolute Gasteiger partial charge is 0.461 e. The lowest BCUT2D eigenvalue weighted by Crippen LogP contribution is -2.22. The molecule has 1 aliphatic rings. The minimum absolute atomic E-state index is 0.0950. The summed E-state index contributed by atoms with van der Waals surface area (Å²) >= 11 is 0. The van der Waals surface area contributed by atoms with E-state index in [1.807, 2.05) is 0 Å². The van der Waals surface area contributed by atoms with Gasteiger partial charge < -0.3 is 4.74 Å². The molecule has 0 radical (unpaired) electrons. The number of carbonyl (C=O) groups excluding carboxylic acids is 1. The van der Waals surface area contributed by atoms with Crippen molar-refractivity contribution in [2.45, 2.75) is 39.0 Å². The molecule has 106 valence electrons. The SMILES string of the molecule is CCOC(=O)c1cc2nc3c(c(=O)n2[nH]1)CCCCC3. The number of H-pyrrole nitrogens is 1. The maximum atomic E-state index is 12.5. The summed E-state index contributed by atoms with van der Waals surface area (Å²) in [4.78, 5) is 28.7. The second kappa shape index (κ2) is 5.11. The summed E-state index contributed by atoms with van der Waals surface area (Å²) in [5.41, 5.74) is 2.30.